The fraction of sp³-hybridized carbons (Fsp3) is 0.471. The molecule has 0 aromatic carbocycles. The van der Waals surface area contributed by atoms with Crippen LogP contribution in [0.15, 0.2) is 43.0 Å². The maximum absolute atomic E-state index is 4.38. The number of nitrogens with one attached hydrogen (secondary N) is 1. The largest absolute Gasteiger partial charge is 0.287 e. The summed E-state index contributed by atoms with van der Waals surface area (Å²) in [5, 5.41) is 7.41. The van der Waals surface area contributed by atoms with Crippen LogP contribution in [0.5, 0.6) is 0 Å². The second-order valence-corrected chi connectivity index (χ2v) is 5.70. The van der Waals surface area contributed by atoms with Crippen LogP contribution in [-0.2, 0) is 6.54 Å². The van der Waals surface area contributed by atoms with Crippen LogP contribution in [0.25, 0.3) is 0 Å². The molecule has 1 aromatic heterocycles. The van der Waals surface area contributed by atoms with Gasteiger partial charge in [0.2, 0.25) is 0 Å². The molecule has 2 rings (SSSR count). The smallest absolute Gasteiger partial charge is 0.0765 e. The van der Waals surface area contributed by atoms with Gasteiger partial charge in [-0.15, -0.1) is 13.2 Å². The van der Waals surface area contributed by atoms with E-state index in [2.05, 4.69) is 47.3 Å². The monoisotopic (exact) mass is 271 g/mol. The Kier molecular flexibility index (Phi) is 4.96. The molecular weight excluding hydrogens is 246 g/mol. The number of aryl methyl sites for hydroxylation is 1. The van der Waals surface area contributed by atoms with Gasteiger partial charge in [-0.25, -0.2) is 0 Å². The number of rotatable bonds is 6. The predicted octanol–water partition coefficient (Wildman–Crippen LogP) is 3.76. The summed E-state index contributed by atoms with van der Waals surface area (Å²) in [7, 11) is 0. The zero-order chi connectivity index (χ0) is 14.5. The summed E-state index contributed by atoms with van der Waals surface area (Å²) in [4.78, 5) is 2.53. The van der Waals surface area contributed by atoms with E-state index < -0.39 is 0 Å². The summed E-state index contributed by atoms with van der Waals surface area (Å²) in [6.07, 6.45) is 9.52. The summed E-state index contributed by atoms with van der Waals surface area (Å²) in [5.74, 6) is 0. The Labute approximate surface area is 122 Å². The quantitative estimate of drug-likeness (QED) is 0.799. The van der Waals surface area contributed by atoms with Gasteiger partial charge in [-0.3, -0.25) is 10.00 Å². The van der Waals surface area contributed by atoms with Crippen molar-refractivity contribution >= 4 is 0 Å². The highest BCUT2D eigenvalue weighted by atomic mass is 15.2. The van der Waals surface area contributed by atoms with E-state index in [0.29, 0.717) is 12.1 Å². The van der Waals surface area contributed by atoms with Crippen LogP contribution in [0.1, 0.15) is 37.6 Å². The van der Waals surface area contributed by atoms with E-state index in [1.54, 1.807) is 0 Å². The van der Waals surface area contributed by atoms with Crippen molar-refractivity contribution in [3.05, 3.63) is 54.4 Å². The first-order valence-electron chi connectivity index (χ1n) is 7.29. The average molecular weight is 271 g/mol. The molecule has 0 saturated heterocycles. The number of hydrogen-bond acceptors (Lipinski definition) is 2. The third-order valence-corrected chi connectivity index (χ3v) is 3.88. The summed E-state index contributed by atoms with van der Waals surface area (Å²) >= 11 is 0. The molecular formula is C17H25N3. The molecule has 108 valence electrons. The maximum atomic E-state index is 4.38. The van der Waals surface area contributed by atoms with Crippen molar-refractivity contribution in [1.82, 2.24) is 15.1 Å². The lowest BCUT2D eigenvalue weighted by atomic mass is 9.92. The minimum Gasteiger partial charge on any atom is -0.287 e. The van der Waals surface area contributed by atoms with E-state index in [9.17, 15) is 0 Å². The summed E-state index contributed by atoms with van der Waals surface area (Å²) < 4.78 is 0. The van der Waals surface area contributed by atoms with Gasteiger partial charge in [-0.1, -0.05) is 23.8 Å². The maximum Gasteiger partial charge on any atom is 0.0765 e. The van der Waals surface area contributed by atoms with Gasteiger partial charge in [0.25, 0.3) is 0 Å². The Hall–Kier alpha value is -1.61. The van der Waals surface area contributed by atoms with Gasteiger partial charge >= 0.3 is 0 Å². The van der Waals surface area contributed by atoms with E-state index in [4.69, 9.17) is 0 Å². The fourth-order valence-corrected chi connectivity index (χ4v) is 3.03. The lowest BCUT2D eigenvalue weighted by molar-refractivity contribution is 0.136. The number of aromatic nitrogens is 2. The molecule has 3 heteroatoms. The van der Waals surface area contributed by atoms with Crippen molar-refractivity contribution < 1.29 is 0 Å². The molecule has 0 bridgehead atoms. The molecule has 20 heavy (non-hydrogen) atoms. The molecule has 0 aliphatic carbocycles. The number of nitrogens with zero attached hydrogens (tertiary/aromatic N) is 2. The first-order valence-corrected chi connectivity index (χ1v) is 7.29. The zero-order valence-electron chi connectivity index (χ0n) is 12.6. The molecule has 0 fully saturated rings. The van der Waals surface area contributed by atoms with Crippen LogP contribution in [0.2, 0.25) is 0 Å². The molecule has 2 atom stereocenters. The third-order valence-electron chi connectivity index (χ3n) is 3.88. The van der Waals surface area contributed by atoms with Crippen molar-refractivity contribution in [2.45, 2.75) is 51.7 Å². The van der Waals surface area contributed by atoms with Gasteiger partial charge in [0.1, 0.15) is 0 Å². The van der Waals surface area contributed by atoms with Crippen molar-refractivity contribution in [3.8, 4) is 0 Å². The Balaban J connectivity index is 2.21. The zero-order valence-corrected chi connectivity index (χ0v) is 12.6. The fourth-order valence-electron chi connectivity index (χ4n) is 3.03. The lowest BCUT2D eigenvalue weighted by Gasteiger charge is -2.40. The molecule has 0 radical (unpaired) electrons. The van der Waals surface area contributed by atoms with Crippen molar-refractivity contribution in [3.63, 3.8) is 0 Å². The summed E-state index contributed by atoms with van der Waals surface area (Å²) in [6.45, 7) is 13.0. The van der Waals surface area contributed by atoms with Crippen LogP contribution in [-0.4, -0.2) is 27.2 Å². The lowest BCUT2D eigenvalue weighted by Crippen LogP contribution is -2.44. The van der Waals surface area contributed by atoms with E-state index in [-0.39, 0.29) is 0 Å². The van der Waals surface area contributed by atoms with Crippen molar-refractivity contribution in [1.29, 1.82) is 0 Å². The van der Waals surface area contributed by atoms with Gasteiger partial charge in [-0.05, 0) is 39.2 Å². The first kappa shape index (κ1) is 14.8. The molecule has 1 aliphatic heterocycles. The molecule has 3 nitrogen and oxygen atoms in total. The Morgan fingerprint density at radius 2 is 2.10 bits per heavy atom. The van der Waals surface area contributed by atoms with Gasteiger partial charge in [0.05, 0.1) is 5.69 Å². The standard InChI is InChI=1S/C17H25N3/c1-5-7-16-9-13(3)10-17(8-6-2)20(16)12-15-11-14(4)18-19-15/h5-6,9,11,16-17H,1-2,7-8,10,12H2,3-4H3,(H,18,19)/t16-,17-/m0/s1. The van der Waals surface area contributed by atoms with Crippen LogP contribution < -0.4 is 0 Å². The molecule has 0 unspecified atom stereocenters. The van der Waals surface area contributed by atoms with E-state index in [0.717, 1.165) is 37.2 Å². The highest BCUT2D eigenvalue weighted by molar-refractivity contribution is 5.16. The van der Waals surface area contributed by atoms with Crippen LogP contribution in [0.3, 0.4) is 0 Å². The van der Waals surface area contributed by atoms with E-state index >= 15 is 0 Å². The predicted molar refractivity (Wildman–Crippen MR) is 84.4 cm³/mol. The summed E-state index contributed by atoms with van der Waals surface area (Å²) in [6, 6.07) is 3.06. The number of H-pyrrole nitrogens is 1. The molecule has 0 amide bonds. The molecule has 1 N–H and O–H groups in total. The number of hydrogen-bond donors (Lipinski definition) is 1. The minimum atomic E-state index is 0.420. The molecule has 0 spiro atoms. The van der Waals surface area contributed by atoms with Crippen molar-refractivity contribution in [2.24, 2.45) is 0 Å². The van der Waals surface area contributed by atoms with Gasteiger partial charge in [0.15, 0.2) is 0 Å². The highest BCUT2D eigenvalue weighted by Crippen LogP contribution is 2.28. The van der Waals surface area contributed by atoms with Crippen molar-refractivity contribution in [2.75, 3.05) is 0 Å². The minimum absolute atomic E-state index is 0.420. The van der Waals surface area contributed by atoms with Gasteiger partial charge < -0.3 is 0 Å². The van der Waals surface area contributed by atoms with E-state index in [1.807, 2.05) is 19.1 Å². The second-order valence-electron chi connectivity index (χ2n) is 5.70. The SMILES string of the molecule is C=CC[C@H]1CC(C)=C[C@H](CC=C)N1Cc1cc(C)[nH]n1. The van der Waals surface area contributed by atoms with Crippen LogP contribution >= 0.6 is 0 Å². The summed E-state index contributed by atoms with van der Waals surface area (Å²) in [5.41, 5.74) is 3.70. The van der Waals surface area contributed by atoms with E-state index in [1.165, 1.54) is 5.57 Å². The molecule has 2 heterocycles. The van der Waals surface area contributed by atoms with Gasteiger partial charge in [-0.2, -0.15) is 5.10 Å². The Bertz CT molecular complexity index is 498. The molecule has 1 aromatic rings. The molecule has 1 aliphatic rings. The van der Waals surface area contributed by atoms with Gasteiger partial charge in [0, 0.05) is 24.3 Å². The second kappa shape index (κ2) is 6.71. The Morgan fingerprint density at radius 1 is 1.35 bits per heavy atom. The Morgan fingerprint density at radius 3 is 2.70 bits per heavy atom. The third kappa shape index (κ3) is 3.48. The average Bonchev–Trinajstić information content (AvgIpc) is 2.80. The number of aromatic amines is 1. The first-order chi connectivity index (χ1) is 9.63. The normalized spacial score (nSPS) is 23.4. The molecule has 0 saturated carbocycles. The van der Waals surface area contributed by atoms with Crippen LogP contribution in [0.4, 0.5) is 0 Å². The highest BCUT2D eigenvalue weighted by Gasteiger charge is 2.28. The topological polar surface area (TPSA) is 31.9 Å². The van der Waals surface area contributed by atoms with Crippen LogP contribution in [0, 0.1) is 6.92 Å².